The van der Waals surface area contributed by atoms with Gasteiger partial charge in [-0.05, 0) is 50.5 Å². The molecule has 2 atom stereocenters. The lowest BCUT2D eigenvalue weighted by Crippen LogP contribution is -2.32. The van der Waals surface area contributed by atoms with E-state index in [-0.39, 0.29) is 0 Å². The molecule has 0 aromatic heterocycles. The van der Waals surface area contributed by atoms with Crippen molar-refractivity contribution in [3.8, 4) is 0 Å². The fourth-order valence-electron chi connectivity index (χ4n) is 2.16. The summed E-state index contributed by atoms with van der Waals surface area (Å²) >= 11 is 0. The van der Waals surface area contributed by atoms with Crippen LogP contribution in [-0.2, 0) is 4.74 Å². The second kappa shape index (κ2) is 7.24. The third-order valence-corrected chi connectivity index (χ3v) is 3.27. The molecule has 0 amide bonds. The van der Waals surface area contributed by atoms with Crippen LogP contribution < -0.4 is 5.32 Å². The number of ether oxygens (including phenoxy) is 1. The zero-order valence-electron chi connectivity index (χ0n) is 10.6. The Morgan fingerprint density at radius 3 is 2.60 bits per heavy atom. The molecule has 1 aliphatic rings. The summed E-state index contributed by atoms with van der Waals surface area (Å²) < 4.78 is 5.17. The molecule has 0 aliphatic heterocycles. The third kappa shape index (κ3) is 5.53. The Labute approximate surface area is 94.8 Å². The van der Waals surface area contributed by atoms with Crippen molar-refractivity contribution in [2.24, 2.45) is 11.8 Å². The van der Waals surface area contributed by atoms with Gasteiger partial charge in [-0.15, -0.1) is 0 Å². The van der Waals surface area contributed by atoms with Crippen LogP contribution in [0, 0.1) is 11.8 Å². The highest BCUT2D eigenvalue weighted by Gasteiger charge is 2.30. The summed E-state index contributed by atoms with van der Waals surface area (Å²) in [5.74, 6) is 1.69. The second-order valence-corrected chi connectivity index (χ2v) is 5.04. The van der Waals surface area contributed by atoms with Gasteiger partial charge in [0, 0.05) is 19.8 Å². The fraction of sp³-hybridized carbons (Fsp3) is 1.00. The van der Waals surface area contributed by atoms with Gasteiger partial charge in [-0.1, -0.05) is 13.8 Å². The molecule has 0 radical (unpaired) electrons. The quantitative estimate of drug-likeness (QED) is 0.636. The Morgan fingerprint density at radius 2 is 2.07 bits per heavy atom. The zero-order chi connectivity index (χ0) is 11.1. The first-order valence-corrected chi connectivity index (χ1v) is 6.50. The molecular formula is C13H27NO. The fourth-order valence-corrected chi connectivity index (χ4v) is 2.16. The molecule has 2 unspecified atom stereocenters. The standard InChI is InChI=1S/C13H27NO/c1-4-9-14-13(12-6-7-12)8-5-11(2)10-15-3/h11-14H,4-10H2,1-3H3. The summed E-state index contributed by atoms with van der Waals surface area (Å²) in [6.07, 6.45) is 6.76. The van der Waals surface area contributed by atoms with Crippen LogP contribution in [0.25, 0.3) is 0 Å². The van der Waals surface area contributed by atoms with Crippen LogP contribution in [0.4, 0.5) is 0 Å². The molecule has 0 aromatic rings. The first kappa shape index (κ1) is 13.0. The van der Waals surface area contributed by atoms with Crippen molar-refractivity contribution in [1.82, 2.24) is 5.32 Å². The largest absolute Gasteiger partial charge is 0.384 e. The molecule has 1 saturated carbocycles. The van der Waals surface area contributed by atoms with E-state index in [0.29, 0.717) is 5.92 Å². The molecule has 0 heterocycles. The molecule has 2 nitrogen and oxygen atoms in total. The Hall–Kier alpha value is -0.0800. The Morgan fingerprint density at radius 1 is 1.33 bits per heavy atom. The van der Waals surface area contributed by atoms with Crippen LogP contribution >= 0.6 is 0 Å². The van der Waals surface area contributed by atoms with Crippen molar-refractivity contribution in [2.45, 2.75) is 52.0 Å². The highest BCUT2D eigenvalue weighted by Crippen LogP contribution is 2.35. The van der Waals surface area contributed by atoms with E-state index in [1.165, 1.54) is 38.6 Å². The van der Waals surface area contributed by atoms with E-state index in [0.717, 1.165) is 18.6 Å². The molecule has 0 saturated heterocycles. The van der Waals surface area contributed by atoms with Gasteiger partial charge in [0.1, 0.15) is 0 Å². The molecule has 2 heteroatoms. The number of hydrogen-bond acceptors (Lipinski definition) is 2. The van der Waals surface area contributed by atoms with Gasteiger partial charge in [0.25, 0.3) is 0 Å². The topological polar surface area (TPSA) is 21.3 Å². The minimum atomic E-state index is 0.708. The number of hydrogen-bond donors (Lipinski definition) is 1. The van der Waals surface area contributed by atoms with E-state index in [2.05, 4.69) is 19.2 Å². The molecule has 15 heavy (non-hydrogen) atoms. The predicted molar refractivity (Wildman–Crippen MR) is 65.1 cm³/mol. The van der Waals surface area contributed by atoms with E-state index in [1.807, 2.05) is 0 Å². The van der Waals surface area contributed by atoms with E-state index in [4.69, 9.17) is 4.74 Å². The van der Waals surface area contributed by atoms with Crippen molar-refractivity contribution >= 4 is 0 Å². The summed E-state index contributed by atoms with van der Waals surface area (Å²) in [6.45, 7) is 6.61. The molecular weight excluding hydrogens is 186 g/mol. The monoisotopic (exact) mass is 213 g/mol. The molecule has 1 fully saturated rings. The summed E-state index contributed by atoms with van der Waals surface area (Å²) in [5, 5.41) is 3.69. The molecule has 0 aromatic carbocycles. The highest BCUT2D eigenvalue weighted by atomic mass is 16.5. The normalized spacial score (nSPS) is 20.2. The number of nitrogens with one attached hydrogen (secondary N) is 1. The first-order valence-electron chi connectivity index (χ1n) is 6.50. The molecule has 1 N–H and O–H groups in total. The van der Waals surface area contributed by atoms with E-state index in [1.54, 1.807) is 7.11 Å². The van der Waals surface area contributed by atoms with Crippen molar-refractivity contribution in [2.75, 3.05) is 20.3 Å². The third-order valence-electron chi connectivity index (χ3n) is 3.27. The number of rotatable bonds is 9. The molecule has 0 spiro atoms. The lowest BCUT2D eigenvalue weighted by atomic mass is 9.99. The number of methoxy groups -OCH3 is 1. The first-order chi connectivity index (χ1) is 7.27. The average Bonchev–Trinajstić information content (AvgIpc) is 3.02. The molecule has 1 aliphatic carbocycles. The van der Waals surface area contributed by atoms with Crippen LogP contribution in [0.5, 0.6) is 0 Å². The van der Waals surface area contributed by atoms with Gasteiger partial charge in [0.15, 0.2) is 0 Å². The molecule has 1 rings (SSSR count). The summed E-state index contributed by atoms with van der Waals surface area (Å²) in [4.78, 5) is 0. The van der Waals surface area contributed by atoms with E-state index < -0.39 is 0 Å². The maximum atomic E-state index is 5.17. The van der Waals surface area contributed by atoms with Crippen LogP contribution in [0.15, 0.2) is 0 Å². The van der Waals surface area contributed by atoms with Crippen molar-refractivity contribution in [3.05, 3.63) is 0 Å². The SMILES string of the molecule is CCCNC(CCC(C)COC)C1CC1. The van der Waals surface area contributed by atoms with Gasteiger partial charge in [-0.2, -0.15) is 0 Å². The average molecular weight is 213 g/mol. The van der Waals surface area contributed by atoms with Gasteiger partial charge >= 0.3 is 0 Å². The lowest BCUT2D eigenvalue weighted by Gasteiger charge is -2.19. The van der Waals surface area contributed by atoms with Gasteiger partial charge in [-0.3, -0.25) is 0 Å². The van der Waals surface area contributed by atoms with E-state index >= 15 is 0 Å². The summed E-state index contributed by atoms with van der Waals surface area (Å²) in [7, 11) is 1.80. The Balaban J connectivity index is 2.13. The van der Waals surface area contributed by atoms with Crippen molar-refractivity contribution in [3.63, 3.8) is 0 Å². The highest BCUT2D eigenvalue weighted by molar-refractivity contribution is 4.86. The van der Waals surface area contributed by atoms with Gasteiger partial charge < -0.3 is 10.1 Å². The maximum absolute atomic E-state index is 5.17. The summed E-state index contributed by atoms with van der Waals surface area (Å²) in [6, 6.07) is 0.782. The van der Waals surface area contributed by atoms with Crippen LogP contribution in [0.1, 0.15) is 46.0 Å². The Kier molecular flexibility index (Phi) is 6.26. The molecule has 0 bridgehead atoms. The van der Waals surface area contributed by atoms with Crippen LogP contribution in [0.2, 0.25) is 0 Å². The second-order valence-electron chi connectivity index (χ2n) is 5.04. The van der Waals surface area contributed by atoms with Crippen LogP contribution in [0.3, 0.4) is 0 Å². The molecule has 90 valence electrons. The lowest BCUT2D eigenvalue weighted by molar-refractivity contribution is 0.152. The zero-order valence-corrected chi connectivity index (χ0v) is 10.6. The summed E-state index contributed by atoms with van der Waals surface area (Å²) in [5.41, 5.74) is 0. The minimum absolute atomic E-state index is 0.708. The van der Waals surface area contributed by atoms with Crippen LogP contribution in [-0.4, -0.2) is 26.3 Å². The van der Waals surface area contributed by atoms with Crippen molar-refractivity contribution < 1.29 is 4.74 Å². The predicted octanol–water partition coefficient (Wildman–Crippen LogP) is 2.83. The minimum Gasteiger partial charge on any atom is -0.384 e. The smallest absolute Gasteiger partial charge is 0.0487 e. The maximum Gasteiger partial charge on any atom is 0.0487 e. The Bertz CT molecular complexity index is 157. The van der Waals surface area contributed by atoms with Gasteiger partial charge in [0.2, 0.25) is 0 Å². The van der Waals surface area contributed by atoms with Gasteiger partial charge in [0.05, 0.1) is 0 Å². The van der Waals surface area contributed by atoms with Gasteiger partial charge in [-0.25, -0.2) is 0 Å². The van der Waals surface area contributed by atoms with Crippen molar-refractivity contribution in [1.29, 1.82) is 0 Å². The van der Waals surface area contributed by atoms with E-state index in [9.17, 15) is 0 Å².